The van der Waals surface area contributed by atoms with Crippen molar-refractivity contribution >= 4 is 48.5 Å². The summed E-state index contributed by atoms with van der Waals surface area (Å²) in [5, 5.41) is 24.6. The van der Waals surface area contributed by atoms with E-state index in [2.05, 4.69) is 31.1 Å². The fourth-order valence-corrected chi connectivity index (χ4v) is 4.66. The van der Waals surface area contributed by atoms with Crippen LogP contribution < -0.4 is 5.14 Å². The molecule has 10 heteroatoms. The molecule has 142 valence electrons. The average molecular weight is 477 g/mol. The molecule has 0 saturated heterocycles. The van der Waals surface area contributed by atoms with Gasteiger partial charge in [-0.2, -0.15) is 5.10 Å². The first-order valence-corrected chi connectivity index (χ1v) is 11.1. The van der Waals surface area contributed by atoms with Crippen LogP contribution in [0.3, 0.4) is 0 Å². The number of primary sulfonamides is 1. The summed E-state index contributed by atoms with van der Waals surface area (Å²) in [5.41, 5.74) is 1.38. The van der Waals surface area contributed by atoms with Gasteiger partial charge in [-0.1, -0.05) is 40.2 Å². The molecule has 1 aromatic heterocycles. The van der Waals surface area contributed by atoms with E-state index in [1.807, 2.05) is 18.2 Å². The van der Waals surface area contributed by atoms with Crippen LogP contribution in [-0.4, -0.2) is 28.7 Å². The summed E-state index contributed by atoms with van der Waals surface area (Å²) < 4.78 is 24.3. The Morgan fingerprint density at radius 3 is 2.50 bits per heavy atom. The topological polar surface area (TPSA) is 122 Å². The maximum absolute atomic E-state index is 11.8. The molecule has 0 aliphatic heterocycles. The highest BCUT2D eigenvalue weighted by Crippen LogP contribution is 2.44. The van der Waals surface area contributed by atoms with Crippen LogP contribution in [0.2, 0.25) is 0 Å². The number of aromatic nitrogens is 3. The van der Waals surface area contributed by atoms with Crippen LogP contribution in [0.5, 0.6) is 5.75 Å². The van der Waals surface area contributed by atoms with E-state index < -0.39 is 10.0 Å². The molecule has 7 nitrogen and oxygen atoms in total. The Balaban J connectivity index is 2.00. The number of nitrogens with zero attached hydrogens (tertiary/aromatic N) is 2. The van der Waals surface area contributed by atoms with Gasteiger partial charge in [-0.25, -0.2) is 18.5 Å². The first-order chi connectivity index (χ1) is 13.3. The zero-order valence-corrected chi connectivity index (χ0v) is 17.3. The molecule has 3 aromatic carbocycles. The van der Waals surface area contributed by atoms with Gasteiger partial charge in [0.2, 0.25) is 10.0 Å². The van der Waals surface area contributed by atoms with Crippen molar-refractivity contribution in [2.75, 3.05) is 0 Å². The van der Waals surface area contributed by atoms with E-state index in [9.17, 15) is 13.5 Å². The number of hydrogen-bond donors (Lipinski definition) is 3. The number of halogens is 1. The number of phenols is 1. The maximum Gasteiger partial charge on any atom is 0.238 e. The van der Waals surface area contributed by atoms with Gasteiger partial charge in [0, 0.05) is 9.86 Å². The number of sulfonamides is 1. The molecule has 0 fully saturated rings. The highest BCUT2D eigenvalue weighted by Gasteiger charge is 2.18. The molecule has 0 spiro atoms. The van der Waals surface area contributed by atoms with Crippen molar-refractivity contribution in [2.45, 2.75) is 14.9 Å². The molecule has 0 bridgehead atoms. The molecular formula is C18H13BrN4O3S2. The molecule has 0 radical (unpaired) electrons. The highest BCUT2D eigenvalue weighted by atomic mass is 79.9. The average Bonchev–Trinajstić information content (AvgIpc) is 3.17. The second kappa shape index (κ2) is 7.21. The van der Waals surface area contributed by atoms with Gasteiger partial charge in [-0.05, 0) is 52.5 Å². The maximum atomic E-state index is 11.8. The van der Waals surface area contributed by atoms with E-state index in [0.717, 1.165) is 10.9 Å². The molecule has 0 unspecified atom stereocenters. The van der Waals surface area contributed by atoms with Crippen LogP contribution in [0.4, 0.5) is 0 Å². The lowest BCUT2D eigenvalue weighted by molar-refractivity contribution is 0.469. The third kappa shape index (κ3) is 3.51. The Kier molecular flexibility index (Phi) is 4.88. The van der Waals surface area contributed by atoms with Crippen LogP contribution in [0, 0.1) is 0 Å². The van der Waals surface area contributed by atoms with Crippen molar-refractivity contribution in [3.63, 3.8) is 0 Å². The Bertz CT molecular complexity index is 1290. The Morgan fingerprint density at radius 2 is 1.82 bits per heavy atom. The fourth-order valence-electron chi connectivity index (χ4n) is 2.87. The van der Waals surface area contributed by atoms with Gasteiger partial charge in [-0.15, -0.1) is 0 Å². The normalized spacial score (nSPS) is 11.8. The second-order valence-corrected chi connectivity index (χ2v) is 9.34. The number of H-pyrrole nitrogens is 1. The number of nitrogens with two attached hydrogens (primary N) is 1. The van der Waals surface area contributed by atoms with Gasteiger partial charge in [0.1, 0.15) is 12.1 Å². The molecule has 1 heterocycles. The van der Waals surface area contributed by atoms with Crippen molar-refractivity contribution in [1.82, 2.24) is 15.2 Å². The molecule has 0 amide bonds. The van der Waals surface area contributed by atoms with Crippen LogP contribution in [0.1, 0.15) is 0 Å². The molecule has 4 aromatic rings. The molecule has 28 heavy (non-hydrogen) atoms. The van der Waals surface area contributed by atoms with Crippen LogP contribution >= 0.6 is 27.7 Å². The third-order valence-corrected chi connectivity index (χ3v) is 6.66. The summed E-state index contributed by atoms with van der Waals surface area (Å²) in [4.78, 5) is 4.64. The van der Waals surface area contributed by atoms with Crippen LogP contribution in [0.15, 0.2) is 74.3 Å². The quantitative estimate of drug-likeness (QED) is 0.410. The molecular weight excluding hydrogens is 464 g/mol. The van der Waals surface area contributed by atoms with Crippen LogP contribution in [-0.2, 0) is 10.0 Å². The molecule has 0 saturated carbocycles. The second-order valence-electron chi connectivity index (χ2n) is 5.90. The number of fused-ring (bicyclic) bond motifs is 1. The lowest BCUT2D eigenvalue weighted by atomic mass is 9.97. The highest BCUT2D eigenvalue weighted by molar-refractivity contribution is 9.10. The number of rotatable bonds is 4. The van der Waals surface area contributed by atoms with E-state index in [1.165, 1.54) is 30.2 Å². The van der Waals surface area contributed by atoms with E-state index >= 15 is 0 Å². The van der Waals surface area contributed by atoms with E-state index in [0.29, 0.717) is 25.5 Å². The van der Waals surface area contributed by atoms with Crippen molar-refractivity contribution < 1.29 is 13.5 Å². The minimum Gasteiger partial charge on any atom is -0.506 e. The molecule has 4 N–H and O–H groups in total. The standard InChI is InChI=1S/C18H13BrN4O3S2/c19-15-6-5-10(28(20,25)26)7-14(15)13-8-16(27-18-21-9-22-23-18)17(24)12-4-2-1-3-11(12)13/h1-9,24H,(H2,20,25,26)(H,21,22,23). The van der Waals surface area contributed by atoms with Gasteiger partial charge < -0.3 is 5.11 Å². The monoisotopic (exact) mass is 476 g/mol. The van der Waals surface area contributed by atoms with Gasteiger partial charge in [-0.3, -0.25) is 5.10 Å². The molecule has 0 aliphatic rings. The summed E-state index contributed by atoms with van der Waals surface area (Å²) in [5.74, 6) is 0.111. The smallest absolute Gasteiger partial charge is 0.238 e. The largest absolute Gasteiger partial charge is 0.506 e. The Labute approximate surface area is 173 Å². The van der Waals surface area contributed by atoms with E-state index in [1.54, 1.807) is 18.2 Å². The Morgan fingerprint density at radius 1 is 1.07 bits per heavy atom. The number of aromatic amines is 1. The lowest BCUT2D eigenvalue weighted by Gasteiger charge is -2.14. The summed E-state index contributed by atoms with van der Waals surface area (Å²) in [7, 11) is -3.86. The number of nitrogens with one attached hydrogen (secondary N) is 1. The number of hydrogen-bond acceptors (Lipinski definition) is 6. The van der Waals surface area contributed by atoms with Gasteiger partial charge in [0.05, 0.1) is 9.79 Å². The van der Waals surface area contributed by atoms with Crippen molar-refractivity contribution in [1.29, 1.82) is 0 Å². The van der Waals surface area contributed by atoms with Gasteiger partial charge in [0.25, 0.3) is 0 Å². The first-order valence-electron chi connectivity index (χ1n) is 7.95. The fraction of sp³-hybridized carbons (Fsp3) is 0. The van der Waals surface area contributed by atoms with Crippen molar-refractivity contribution in [2.24, 2.45) is 5.14 Å². The Hall–Kier alpha value is -2.40. The van der Waals surface area contributed by atoms with E-state index in [-0.39, 0.29) is 10.6 Å². The third-order valence-electron chi connectivity index (χ3n) is 4.14. The van der Waals surface area contributed by atoms with Gasteiger partial charge in [0.15, 0.2) is 5.16 Å². The van der Waals surface area contributed by atoms with Gasteiger partial charge >= 0.3 is 0 Å². The first kappa shape index (κ1) is 18.9. The van der Waals surface area contributed by atoms with E-state index in [4.69, 9.17) is 5.14 Å². The van der Waals surface area contributed by atoms with Crippen molar-refractivity contribution in [3.05, 3.63) is 59.3 Å². The van der Waals surface area contributed by atoms with Crippen LogP contribution in [0.25, 0.3) is 21.9 Å². The predicted octanol–water partition coefficient (Wildman–Crippen LogP) is 3.89. The number of aromatic hydroxyl groups is 1. The summed E-state index contributed by atoms with van der Waals surface area (Å²) >= 11 is 4.71. The molecule has 0 atom stereocenters. The number of phenolic OH excluding ortho intramolecular Hbond substituents is 1. The zero-order valence-electron chi connectivity index (χ0n) is 14.1. The summed E-state index contributed by atoms with van der Waals surface area (Å²) in [6.07, 6.45) is 1.38. The minimum absolute atomic E-state index is 0.00675. The molecule has 0 aliphatic carbocycles. The molecule has 4 rings (SSSR count). The zero-order chi connectivity index (χ0) is 19.9. The predicted molar refractivity (Wildman–Crippen MR) is 111 cm³/mol. The van der Waals surface area contributed by atoms with Crippen molar-refractivity contribution in [3.8, 4) is 16.9 Å². The lowest BCUT2D eigenvalue weighted by Crippen LogP contribution is -2.12. The minimum atomic E-state index is -3.86. The summed E-state index contributed by atoms with van der Waals surface area (Å²) in [6, 6.07) is 13.7. The number of benzene rings is 3. The summed E-state index contributed by atoms with van der Waals surface area (Å²) in [6.45, 7) is 0. The SMILES string of the molecule is NS(=O)(=O)c1ccc(Br)c(-c2cc(Sc3ncn[nH]3)c(O)c3ccccc23)c1.